The van der Waals surface area contributed by atoms with E-state index in [2.05, 4.69) is 11.5 Å². The summed E-state index contributed by atoms with van der Waals surface area (Å²) in [5, 5.41) is 3.56. The molecule has 1 atom stereocenters. The van der Waals surface area contributed by atoms with Gasteiger partial charge in [-0.15, -0.1) is 0 Å². The topological polar surface area (TPSA) is 32.3 Å². The molecule has 0 spiro atoms. The van der Waals surface area contributed by atoms with Crippen LogP contribution < -0.4 is 5.32 Å². The third kappa shape index (κ3) is 2.64. The van der Waals surface area contributed by atoms with Crippen LogP contribution in [0, 0.1) is 0 Å². The van der Waals surface area contributed by atoms with Crippen LogP contribution in [0.5, 0.6) is 0 Å². The van der Waals surface area contributed by atoms with Gasteiger partial charge >= 0.3 is 0 Å². The summed E-state index contributed by atoms with van der Waals surface area (Å²) in [7, 11) is 0. The Hall–Kier alpha value is -0.830. The fourth-order valence-corrected chi connectivity index (χ4v) is 2.62. The number of rotatable bonds is 2. The SMILES string of the molecule is CCC(=O)N1C=C(C2CCCCN2)CCC1. The van der Waals surface area contributed by atoms with Crippen LogP contribution >= 0.6 is 0 Å². The molecule has 0 saturated carbocycles. The zero-order chi connectivity index (χ0) is 11.4. The maximum absolute atomic E-state index is 11.7. The van der Waals surface area contributed by atoms with E-state index in [0.29, 0.717) is 12.5 Å². The van der Waals surface area contributed by atoms with Crippen molar-refractivity contribution in [2.45, 2.75) is 51.5 Å². The van der Waals surface area contributed by atoms with Crippen molar-refractivity contribution in [2.24, 2.45) is 0 Å². The van der Waals surface area contributed by atoms with E-state index in [0.717, 1.165) is 25.9 Å². The number of piperidine rings is 1. The van der Waals surface area contributed by atoms with Gasteiger partial charge < -0.3 is 10.2 Å². The number of hydrogen-bond acceptors (Lipinski definition) is 2. The monoisotopic (exact) mass is 222 g/mol. The highest BCUT2D eigenvalue weighted by Gasteiger charge is 2.22. The zero-order valence-electron chi connectivity index (χ0n) is 10.2. The van der Waals surface area contributed by atoms with Gasteiger partial charge in [0.05, 0.1) is 0 Å². The summed E-state index contributed by atoms with van der Waals surface area (Å²) in [6.45, 7) is 3.97. The number of nitrogens with one attached hydrogen (secondary N) is 1. The lowest BCUT2D eigenvalue weighted by atomic mass is 9.93. The number of carbonyl (C=O) groups excluding carboxylic acids is 1. The van der Waals surface area contributed by atoms with E-state index >= 15 is 0 Å². The van der Waals surface area contributed by atoms with E-state index in [1.807, 2.05) is 11.8 Å². The van der Waals surface area contributed by atoms with E-state index in [1.54, 1.807) is 0 Å². The molecule has 16 heavy (non-hydrogen) atoms. The summed E-state index contributed by atoms with van der Waals surface area (Å²) in [4.78, 5) is 13.6. The van der Waals surface area contributed by atoms with Crippen molar-refractivity contribution in [3.8, 4) is 0 Å². The number of amides is 1. The highest BCUT2D eigenvalue weighted by molar-refractivity contribution is 5.77. The Balaban J connectivity index is 2.02. The van der Waals surface area contributed by atoms with Crippen LogP contribution in [0.1, 0.15) is 45.4 Å². The molecule has 0 bridgehead atoms. The molecule has 1 unspecified atom stereocenters. The average molecular weight is 222 g/mol. The Labute approximate surface area is 97.9 Å². The van der Waals surface area contributed by atoms with Gasteiger partial charge in [0.2, 0.25) is 5.91 Å². The standard InChI is InChI=1S/C13H22N2O/c1-2-13(16)15-9-5-6-11(10-15)12-7-3-4-8-14-12/h10,12,14H,2-9H2,1H3. The molecule has 1 N–H and O–H groups in total. The molecule has 90 valence electrons. The van der Waals surface area contributed by atoms with Gasteiger partial charge in [-0.3, -0.25) is 4.79 Å². The predicted octanol–water partition coefficient (Wildman–Crippen LogP) is 2.04. The van der Waals surface area contributed by atoms with Crippen LogP contribution in [0.3, 0.4) is 0 Å². The molecule has 2 aliphatic heterocycles. The minimum atomic E-state index is 0.257. The van der Waals surface area contributed by atoms with Crippen LogP contribution in [0.25, 0.3) is 0 Å². The van der Waals surface area contributed by atoms with Gasteiger partial charge in [-0.2, -0.15) is 0 Å². The van der Waals surface area contributed by atoms with Crippen LogP contribution in [-0.4, -0.2) is 29.9 Å². The molecule has 3 heteroatoms. The van der Waals surface area contributed by atoms with Gasteiger partial charge in [0.15, 0.2) is 0 Å². The van der Waals surface area contributed by atoms with E-state index in [1.165, 1.54) is 24.8 Å². The molecule has 0 aromatic carbocycles. The quantitative estimate of drug-likeness (QED) is 0.775. The van der Waals surface area contributed by atoms with Crippen molar-refractivity contribution < 1.29 is 4.79 Å². The van der Waals surface area contributed by atoms with Gasteiger partial charge in [0.25, 0.3) is 0 Å². The Morgan fingerprint density at radius 1 is 1.50 bits per heavy atom. The normalized spacial score (nSPS) is 26.4. The second-order valence-corrected chi connectivity index (χ2v) is 4.75. The largest absolute Gasteiger partial charge is 0.319 e. The summed E-state index contributed by atoms with van der Waals surface area (Å²) >= 11 is 0. The van der Waals surface area contributed by atoms with Gasteiger partial charge in [-0.25, -0.2) is 0 Å². The lowest BCUT2D eigenvalue weighted by Crippen LogP contribution is -2.39. The summed E-state index contributed by atoms with van der Waals surface area (Å²) in [5.41, 5.74) is 1.44. The Bertz CT molecular complexity index is 280. The molecule has 0 radical (unpaired) electrons. The highest BCUT2D eigenvalue weighted by atomic mass is 16.2. The Kier molecular flexibility index (Phi) is 3.99. The molecule has 1 fully saturated rings. The van der Waals surface area contributed by atoms with Crippen molar-refractivity contribution in [3.63, 3.8) is 0 Å². The summed E-state index contributed by atoms with van der Waals surface area (Å²) in [6, 6.07) is 0.529. The molecular weight excluding hydrogens is 200 g/mol. The maximum atomic E-state index is 11.7. The van der Waals surface area contributed by atoms with Gasteiger partial charge in [-0.1, -0.05) is 13.3 Å². The van der Waals surface area contributed by atoms with Crippen molar-refractivity contribution in [3.05, 3.63) is 11.8 Å². The third-order valence-electron chi connectivity index (χ3n) is 3.57. The van der Waals surface area contributed by atoms with E-state index < -0.39 is 0 Å². The molecule has 1 amide bonds. The van der Waals surface area contributed by atoms with Crippen LogP contribution in [-0.2, 0) is 4.79 Å². The van der Waals surface area contributed by atoms with Gasteiger partial charge in [0, 0.05) is 25.2 Å². The molecular formula is C13H22N2O. The van der Waals surface area contributed by atoms with E-state index in [9.17, 15) is 4.79 Å². The van der Waals surface area contributed by atoms with Gasteiger partial charge in [0.1, 0.15) is 0 Å². The molecule has 0 aromatic heterocycles. The van der Waals surface area contributed by atoms with Crippen LogP contribution in [0.15, 0.2) is 11.8 Å². The minimum Gasteiger partial charge on any atom is -0.319 e. The Morgan fingerprint density at radius 3 is 3.06 bits per heavy atom. The first-order valence-electron chi connectivity index (χ1n) is 6.54. The lowest BCUT2D eigenvalue weighted by molar-refractivity contribution is -0.128. The second kappa shape index (κ2) is 5.48. The maximum Gasteiger partial charge on any atom is 0.226 e. The number of hydrogen-bond donors (Lipinski definition) is 1. The van der Waals surface area contributed by atoms with E-state index in [4.69, 9.17) is 0 Å². The lowest BCUT2D eigenvalue weighted by Gasteiger charge is -2.31. The number of nitrogens with zero attached hydrogens (tertiary/aromatic N) is 1. The first kappa shape index (κ1) is 11.6. The second-order valence-electron chi connectivity index (χ2n) is 4.75. The number of carbonyl (C=O) groups is 1. The smallest absolute Gasteiger partial charge is 0.226 e. The first-order valence-corrected chi connectivity index (χ1v) is 6.54. The molecule has 2 rings (SSSR count). The van der Waals surface area contributed by atoms with Crippen molar-refractivity contribution >= 4 is 5.91 Å². The van der Waals surface area contributed by atoms with Crippen molar-refractivity contribution in [2.75, 3.05) is 13.1 Å². The molecule has 2 aliphatic rings. The van der Waals surface area contributed by atoms with Crippen molar-refractivity contribution in [1.82, 2.24) is 10.2 Å². The van der Waals surface area contributed by atoms with Gasteiger partial charge in [-0.05, 0) is 37.8 Å². The summed E-state index contributed by atoms with van der Waals surface area (Å²) in [6.07, 6.45) is 8.85. The molecule has 0 aromatic rings. The zero-order valence-corrected chi connectivity index (χ0v) is 10.2. The molecule has 0 aliphatic carbocycles. The Morgan fingerprint density at radius 2 is 2.38 bits per heavy atom. The van der Waals surface area contributed by atoms with Crippen LogP contribution in [0.4, 0.5) is 0 Å². The third-order valence-corrected chi connectivity index (χ3v) is 3.57. The highest BCUT2D eigenvalue weighted by Crippen LogP contribution is 2.23. The summed E-state index contributed by atoms with van der Waals surface area (Å²) in [5.74, 6) is 0.257. The van der Waals surface area contributed by atoms with Crippen molar-refractivity contribution in [1.29, 1.82) is 0 Å². The van der Waals surface area contributed by atoms with Crippen LogP contribution in [0.2, 0.25) is 0 Å². The molecule has 1 saturated heterocycles. The molecule has 2 heterocycles. The fourth-order valence-electron chi connectivity index (χ4n) is 2.62. The molecule has 3 nitrogen and oxygen atoms in total. The minimum absolute atomic E-state index is 0.257. The summed E-state index contributed by atoms with van der Waals surface area (Å²) < 4.78 is 0. The average Bonchev–Trinajstić information content (AvgIpc) is 2.39. The first-order chi connectivity index (χ1) is 7.81. The van der Waals surface area contributed by atoms with E-state index in [-0.39, 0.29) is 5.91 Å². The fraction of sp³-hybridized carbons (Fsp3) is 0.769. The predicted molar refractivity (Wildman–Crippen MR) is 65.0 cm³/mol.